The molecule has 0 nitrogen and oxygen atoms in total. The van der Waals surface area contributed by atoms with Gasteiger partial charge in [-0.15, -0.1) is 0 Å². The van der Waals surface area contributed by atoms with E-state index in [1.165, 1.54) is 0 Å². The Balaban J connectivity index is 2.24. The van der Waals surface area contributed by atoms with Crippen LogP contribution < -0.4 is 0 Å². The summed E-state index contributed by atoms with van der Waals surface area (Å²) in [4.78, 5) is 0. The van der Waals surface area contributed by atoms with Gasteiger partial charge >= 0.3 is 6.18 Å². The summed E-state index contributed by atoms with van der Waals surface area (Å²) in [5.74, 6) is -1.30. The number of hydrogen-bond acceptors (Lipinski definition) is 0. The van der Waals surface area contributed by atoms with Crippen LogP contribution in [-0.4, -0.2) is 6.18 Å². The van der Waals surface area contributed by atoms with E-state index in [4.69, 9.17) is 0 Å². The topological polar surface area (TPSA) is 0 Å². The van der Waals surface area contributed by atoms with Gasteiger partial charge in [0.15, 0.2) is 0 Å². The van der Waals surface area contributed by atoms with Crippen molar-refractivity contribution in [1.29, 1.82) is 0 Å². The first-order valence-corrected chi connectivity index (χ1v) is 5.37. The number of alkyl halides is 3. The Hall–Kier alpha value is -1.25. The molecule has 2 aliphatic carbocycles. The molecule has 0 spiro atoms. The summed E-state index contributed by atoms with van der Waals surface area (Å²) < 4.78 is 38.3. The molecule has 0 aromatic rings. The quantitative estimate of drug-likeness (QED) is 0.657. The Kier molecular flexibility index (Phi) is 2.78. The fourth-order valence-electron chi connectivity index (χ4n) is 2.21. The van der Waals surface area contributed by atoms with Gasteiger partial charge in [-0.3, -0.25) is 0 Å². The normalized spacial score (nSPS) is 21.1. The lowest BCUT2D eigenvalue weighted by molar-refractivity contribution is -0.164. The van der Waals surface area contributed by atoms with Gasteiger partial charge in [0.2, 0.25) is 0 Å². The molecule has 16 heavy (non-hydrogen) atoms. The third-order valence-electron chi connectivity index (χ3n) is 3.07. The molecule has 0 bridgehead atoms. The van der Waals surface area contributed by atoms with Crippen LogP contribution in [0.15, 0.2) is 47.1 Å². The summed E-state index contributed by atoms with van der Waals surface area (Å²) in [6.45, 7) is 1.58. The van der Waals surface area contributed by atoms with Gasteiger partial charge in [-0.05, 0) is 24.0 Å². The fraction of sp³-hybridized carbons (Fsp3) is 0.385. The Labute approximate surface area is 92.8 Å². The number of rotatable bonds is 2. The van der Waals surface area contributed by atoms with E-state index in [-0.39, 0.29) is 6.42 Å². The number of allylic oxidation sites excluding steroid dienone is 8. The van der Waals surface area contributed by atoms with Crippen molar-refractivity contribution < 1.29 is 13.2 Å². The second kappa shape index (κ2) is 3.96. The van der Waals surface area contributed by atoms with Crippen LogP contribution in [0.4, 0.5) is 13.2 Å². The summed E-state index contributed by atoms with van der Waals surface area (Å²) in [6.07, 6.45) is 5.52. The summed E-state index contributed by atoms with van der Waals surface area (Å²) in [5, 5.41) is 0. The zero-order valence-electron chi connectivity index (χ0n) is 9.01. The molecule has 0 fully saturated rings. The molecule has 1 atom stereocenters. The molecule has 0 amide bonds. The number of halogens is 3. The van der Waals surface area contributed by atoms with E-state index in [1.807, 2.05) is 18.2 Å². The SMILES string of the molecule is CCC(C1=CC=C2C=CC=C2C1)C(F)(F)F. The molecule has 0 N–H and O–H groups in total. The van der Waals surface area contributed by atoms with Gasteiger partial charge in [-0.2, -0.15) is 13.2 Å². The molecule has 0 saturated heterocycles. The van der Waals surface area contributed by atoms with E-state index < -0.39 is 12.1 Å². The van der Waals surface area contributed by atoms with Gasteiger partial charge in [0.25, 0.3) is 0 Å². The van der Waals surface area contributed by atoms with Gasteiger partial charge < -0.3 is 0 Å². The second-order valence-electron chi connectivity index (χ2n) is 4.09. The first-order valence-electron chi connectivity index (χ1n) is 5.37. The first-order chi connectivity index (χ1) is 7.52. The van der Waals surface area contributed by atoms with E-state index >= 15 is 0 Å². The summed E-state index contributed by atoms with van der Waals surface area (Å²) in [5.41, 5.74) is 2.52. The summed E-state index contributed by atoms with van der Waals surface area (Å²) in [7, 11) is 0. The fourth-order valence-corrected chi connectivity index (χ4v) is 2.21. The molecular weight excluding hydrogens is 213 g/mol. The van der Waals surface area contributed by atoms with Gasteiger partial charge in [-0.25, -0.2) is 0 Å². The molecule has 0 aliphatic heterocycles. The minimum atomic E-state index is -4.13. The van der Waals surface area contributed by atoms with Crippen LogP contribution in [0.3, 0.4) is 0 Å². The maximum absolute atomic E-state index is 12.8. The standard InChI is InChI=1S/C13H13F3/c1-2-12(13(14,15)16)11-7-6-9-4-3-5-10(9)8-11/h3-7,12H,2,8H2,1H3. The predicted octanol–water partition coefficient (Wildman–Crippen LogP) is 4.33. The third-order valence-corrected chi connectivity index (χ3v) is 3.07. The van der Waals surface area contributed by atoms with E-state index in [1.54, 1.807) is 19.1 Å². The van der Waals surface area contributed by atoms with Crippen LogP contribution in [0, 0.1) is 5.92 Å². The molecule has 0 aromatic carbocycles. The van der Waals surface area contributed by atoms with E-state index in [0.717, 1.165) is 11.1 Å². The smallest absolute Gasteiger partial charge is 0.170 e. The second-order valence-corrected chi connectivity index (χ2v) is 4.09. The average Bonchev–Trinajstić information content (AvgIpc) is 2.63. The van der Waals surface area contributed by atoms with Crippen LogP contribution in [0.1, 0.15) is 19.8 Å². The van der Waals surface area contributed by atoms with Crippen molar-refractivity contribution in [2.45, 2.75) is 25.9 Å². The number of fused-ring (bicyclic) bond motifs is 1. The average molecular weight is 226 g/mol. The lowest BCUT2D eigenvalue weighted by atomic mass is 9.85. The highest BCUT2D eigenvalue weighted by atomic mass is 19.4. The lowest BCUT2D eigenvalue weighted by Gasteiger charge is -2.24. The first kappa shape index (κ1) is 11.2. The molecule has 1 unspecified atom stereocenters. The minimum Gasteiger partial charge on any atom is -0.170 e. The van der Waals surface area contributed by atoms with E-state index in [2.05, 4.69) is 0 Å². The molecule has 0 saturated carbocycles. The highest BCUT2D eigenvalue weighted by Gasteiger charge is 2.40. The van der Waals surface area contributed by atoms with Gasteiger partial charge in [0, 0.05) is 0 Å². The number of hydrogen-bond donors (Lipinski definition) is 0. The lowest BCUT2D eigenvalue weighted by Crippen LogP contribution is -2.25. The van der Waals surface area contributed by atoms with Crippen LogP contribution >= 0.6 is 0 Å². The zero-order valence-corrected chi connectivity index (χ0v) is 9.01. The molecule has 86 valence electrons. The van der Waals surface area contributed by atoms with Gasteiger partial charge in [-0.1, -0.05) is 42.9 Å². The van der Waals surface area contributed by atoms with Crippen molar-refractivity contribution in [3.63, 3.8) is 0 Å². The molecule has 0 aromatic heterocycles. The highest BCUT2D eigenvalue weighted by molar-refractivity contribution is 5.54. The molecule has 2 rings (SSSR count). The summed E-state index contributed by atoms with van der Waals surface area (Å²) in [6, 6.07) is 0. The zero-order chi connectivity index (χ0) is 11.8. The summed E-state index contributed by atoms with van der Waals surface area (Å²) >= 11 is 0. The van der Waals surface area contributed by atoms with Crippen LogP contribution in [0.5, 0.6) is 0 Å². The van der Waals surface area contributed by atoms with Crippen molar-refractivity contribution in [3.05, 3.63) is 47.1 Å². The Morgan fingerprint density at radius 2 is 2.00 bits per heavy atom. The van der Waals surface area contributed by atoms with E-state index in [9.17, 15) is 13.2 Å². The monoisotopic (exact) mass is 226 g/mol. The maximum atomic E-state index is 12.8. The molecule has 3 heteroatoms. The largest absolute Gasteiger partial charge is 0.395 e. The Bertz CT molecular complexity index is 405. The van der Waals surface area contributed by atoms with E-state index in [0.29, 0.717) is 12.0 Å². The van der Waals surface area contributed by atoms with Gasteiger partial charge in [0.05, 0.1) is 5.92 Å². The molecule has 2 aliphatic rings. The van der Waals surface area contributed by atoms with Crippen LogP contribution in [0.2, 0.25) is 0 Å². The predicted molar refractivity (Wildman–Crippen MR) is 57.8 cm³/mol. The van der Waals surface area contributed by atoms with Gasteiger partial charge in [0.1, 0.15) is 0 Å². The Morgan fingerprint density at radius 3 is 2.62 bits per heavy atom. The highest BCUT2D eigenvalue weighted by Crippen LogP contribution is 2.40. The molecular formula is C13H13F3. The van der Waals surface area contributed by atoms with Crippen LogP contribution in [0.25, 0.3) is 0 Å². The van der Waals surface area contributed by atoms with Crippen LogP contribution in [-0.2, 0) is 0 Å². The molecule has 0 heterocycles. The minimum absolute atomic E-state index is 0.110. The Morgan fingerprint density at radius 1 is 1.25 bits per heavy atom. The van der Waals surface area contributed by atoms with Crippen molar-refractivity contribution in [2.24, 2.45) is 5.92 Å². The van der Waals surface area contributed by atoms with Crippen molar-refractivity contribution >= 4 is 0 Å². The van der Waals surface area contributed by atoms with Crippen molar-refractivity contribution in [1.82, 2.24) is 0 Å². The van der Waals surface area contributed by atoms with Crippen molar-refractivity contribution in [2.75, 3.05) is 0 Å². The third kappa shape index (κ3) is 1.99. The van der Waals surface area contributed by atoms with Crippen molar-refractivity contribution in [3.8, 4) is 0 Å². The maximum Gasteiger partial charge on any atom is 0.395 e. The molecule has 0 radical (unpaired) electrons.